The Balaban J connectivity index is 1.85. The number of aliphatic imine (C=N–C) groups is 1. The van der Waals surface area contributed by atoms with E-state index in [2.05, 4.69) is 15.4 Å². The largest absolute Gasteiger partial charge is 0.354 e. The zero-order chi connectivity index (χ0) is 15.1. The van der Waals surface area contributed by atoms with E-state index in [4.69, 9.17) is 0 Å². The van der Waals surface area contributed by atoms with Crippen LogP contribution in [0.5, 0.6) is 0 Å². The van der Waals surface area contributed by atoms with Crippen molar-refractivity contribution < 1.29 is 4.39 Å². The van der Waals surface area contributed by atoms with Crippen LogP contribution >= 0.6 is 0 Å². The molecule has 1 heterocycles. The second kappa shape index (κ2) is 7.42. The molecule has 0 unspecified atom stereocenters. The number of aromatic nitrogens is 2. The van der Waals surface area contributed by atoms with Gasteiger partial charge in [0, 0.05) is 39.6 Å². The van der Waals surface area contributed by atoms with Crippen molar-refractivity contribution in [2.24, 2.45) is 4.99 Å². The molecule has 1 aromatic heterocycles. The monoisotopic (exact) mass is 289 g/mol. The summed E-state index contributed by atoms with van der Waals surface area (Å²) in [6.45, 7) is 2.08. The molecule has 0 bridgehead atoms. The molecule has 1 aromatic carbocycles. The third kappa shape index (κ3) is 4.59. The van der Waals surface area contributed by atoms with Crippen LogP contribution in [0.1, 0.15) is 5.56 Å². The topological polar surface area (TPSA) is 45.5 Å². The van der Waals surface area contributed by atoms with Gasteiger partial charge in [-0.25, -0.2) is 4.39 Å². The molecule has 0 radical (unpaired) electrons. The van der Waals surface area contributed by atoms with Gasteiger partial charge in [0.25, 0.3) is 0 Å². The maximum absolute atomic E-state index is 13.2. The highest BCUT2D eigenvalue weighted by Crippen LogP contribution is 2.06. The summed E-state index contributed by atoms with van der Waals surface area (Å²) in [5.74, 6) is 0.550. The van der Waals surface area contributed by atoms with Gasteiger partial charge in [0.05, 0.1) is 6.54 Å². The van der Waals surface area contributed by atoms with E-state index in [1.807, 2.05) is 35.0 Å². The predicted molar refractivity (Wildman–Crippen MR) is 81.5 cm³/mol. The molecule has 0 aliphatic heterocycles. The van der Waals surface area contributed by atoms with Gasteiger partial charge in [0.15, 0.2) is 5.96 Å². The van der Waals surface area contributed by atoms with Crippen molar-refractivity contribution in [1.82, 2.24) is 20.0 Å². The zero-order valence-electron chi connectivity index (χ0n) is 12.3. The van der Waals surface area contributed by atoms with E-state index in [-0.39, 0.29) is 5.82 Å². The minimum Gasteiger partial charge on any atom is -0.354 e. The Kier molecular flexibility index (Phi) is 5.31. The lowest BCUT2D eigenvalue weighted by Gasteiger charge is -2.22. The normalized spacial score (nSPS) is 11.5. The first-order valence-electron chi connectivity index (χ1n) is 6.82. The summed E-state index contributed by atoms with van der Waals surface area (Å²) < 4.78 is 15.0. The average molecular weight is 289 g/mol. The Morgan fingerprint density at radius 3 is 2.95 bits per heavy atom. The molecule has 0 fully saturated rings. The molecule has 0 saturated carbocycles. The standard InChI is InChI=1S/C15H20FN5/c1-17-15(18-8-10-21-9-4-7-19-21)20(2)12-13-5-3-6-14(16)11-13/h3-7,9,11H,8,10,12H2,1-2H3,(H,17,18). The van der Waals surface area contributed by atoms with Crippen LogP contribution in [-0.4, -0.2) is 41.3 Å². The van der Waals surface area contributed by atoms with Gasteiger partial charge >= 0.3 is 0 Å². The first-order valence-corrected chi connectivity index (χ1v) is 6.82. The molecule has 0 aliphatic rings. The van der Waals surface area contributed by atoms with Gasteiger partial charge in [-0.3, -0.25) is 9.67 Å². The molecule has 6 heteroatoms. The third-order valence-electron chi connectivity index (χ3n) is 3.07. The summed E-state index contributed by atoms with van der Waals surface area (Å²) in [6.07, 6.45) is 3.67. The fourth-order valence-electron chi connectivity index (χ4n) is 2.08. The van der Waals surface area contributed by atoms with E-state index in [1.54, 1.807) is 19.3 Å². The van der Waals surface area contributed by atoms with Crippen LogP contribution in [0.15, 0.2) is 47.7 Å². The van der Waals surface area contributed by atoms with Crippen LogP contribution in [0, 0.1) is 5.82 Å². The lowest BCUT2D eigenvalue weighted by atomic mass is 10.2. The van der Waals surface area contributed by atoms with E-state index >= 15 is 0 Å². The van der Waals surface area contributed by atoms with Crippen molar-refractivity contribution in [1.29, 1.82) is 0 Å². The molecular weight excluding hydrogens is 269 g/mol. The second-order valence-electron chi connectivity index (χ2n) is 4.73. The zero-order valence-corrected chi connectivity index (χ0v) is 12.3. The molecule has 21 heavy (non-hydrogen) atoms. The lowest BCUT2D eigenvalue weighted by Crippen LogP contribution is -2.39. The number of hydrogen-bond acceptors (Lipinski definition) is 2. The minimum atomic E-state index is -0.220. The fourth-order valence-corrected chi connectivity index (χ4v) is 2.08. The van der Waals surface area contributed by atoms with Crippen molar-refractivity contribution in [3.63, 3.8) is 0 Å². The summed E-state index contributed by atoms with van der Waals surface area (Å²) in [7, 11) is 3.66. The average Bonchev–Trinajstić information content (AvgIpc) is 2.96. The highest BCUT2D eigenvalue weighted by Gasteiger charge is 2.06. The Bertz CT molecular complexity index is 580. The minimum absolute atomic E-state index is 0.220. The van der Waals surface area contributed by atoms with E-state index in [9.17, 15) is 4.39 Å². The molecule has 1 N–H and O–H groups in total. The number of guanidine groups is 1. The highest BCUT2D eigenvalue weighted by molar-refractivity contribution is 5.79. The number of nitrogens with one attached hydrogen (secondary N) is 1. The first-order chi connectivity index (χ1) is 10.2. The SMILES string of the molecule is CN=C(NCCn1cccn1)N(C)Cc1cccc(F)c1. The third-order valence-corrected chi connectivity index (χ3v) is 3.07. The summed E-state index contributed by atoms with van der Waals surface area (Å²) in [4.78, 5) is 6.19. The predicted octanol–water partition coefficient (Wildman–Crippen LogP) is 1.73. The van der Waals surface area contributed by atoms with Crippen LogP contribution in [0.2, 0.25) is 0 Å². The van der Waals surface area contributed by atoms with Crippen molar-refractivity contribution in [3.8, 4) is 0 Å². The molecule has 0 spiro atoms. The number of rotatable bonds is 5. The smallest absolute Gasteiger partial charge is 0.193 e. The number of nitrogens with zero attached hydrogens (tertiary/aromatic N) is 4. The molecule has 2 aromatic rings. The van der Waals surface area contributed by atoms with Crippen LogP contribution in [0.3, 0.4) is 0 Å². The van der Waals surface area contributed by atoms with Crippen molar-refractivity contribution in [2.45, 2.75) is 13.1 Å². The van der Waals surface area contributed by atoms with Crippen molar-refractivity contribution in [2.75, 3.05) is 20.6 Å². The van der Waals surface area contributed by atoms with Crippen LogP contribution in [-0.2, 0) is 13.1 Å². The molecule has 2 rings (SSSR count). The summed E-state index contributed by atoms with van der Waals surface area (Å²) in [5.41, 5.74) is 0.910. The van der Waals surface area contributed by atoms with Crippen LogP contribution in [0.4, 0.5) is 4.39 Å². The Morgan fingerprint density at radius 1 is 1.43 bits per heavy atom. The summed E-state index contributed by atoms with van der Waals surface area (Å²) >= 11 is 0. The van der Waals surface area contributed by atoms with Crippen LogP contribution < -0.4 is 5.32 Å². The Hall–Kier alpha value is -2.37. The van der Waals surface area contributed by atoms with Gasteiger partial charge in [0.2, 0.25) is 0 Å². The molecule has 112 valence electrons. The summed E-state index contributed by atoms with van der Waals surface area (Å²) in [5, 5.41) is 7.41. The number of benzene rings is 1. The van der Waals surface area contributed by atoms with E-state index in [0.29, 0.717) is 6.54 Å². The maximum atomic E-state index is 13.2. The Labute approximate surface area is 124 Å². The summed E-state index contributed by atoms with van der Waals surface area (Å²) in [6, 6.07) is 8.49. The van der Waals surface area contributed by atoms with Gasteiger partial charge < -0.3 is 10.2 Å². The molecule has 0 aliphatic carbocycles. The van der Waals surface area contributed by atoms with E-state index in [1.165, 1.54) is 12.1 Å². The van der Waals surface area contributed by atoms with Gasteiger partial charge in [-0.2, -0.15) is 5.10 Å². The van der Waals surface area contributed by atoms with Gasteiger partial charge in [-0.05, 0) is 23.8 Å². The molecule has 5 nitrogen and oxygen atoms in total. The van der Waals surface area contributed by atoms with Gasteiger partial charge in [-0.15, -0.1) is 0 Å². The molecular formula is C15H20FN5. The fraction of sp³-hybridized carbons (Fsp3) is 0.333. The Morgan fingerprint density at radius 2 is 2.29 bits per heavy atom. The number of halogens is 1. The molecule has 0 saturated heterocycles. The van der Waals surface area contributed by atoms with E-state index in [0.717, 1.165) is 24.6 Å². The van der Waals surface area contributed by atoms with Crippen molar-refractivity contribution in [3.05, 3.63) is 54.1 Å². The number of hydrogen-bond donors (Lipinski definition) is 1. The van der Waals surface area contributed by atoms with Gasteiger partial charge in [0.1, 0.15) is 5.82 Å². The lowest BCUT2D eigenvalue weighted by molar-refractivity contribution is 0.469. The van der Waals surface area contributed by atoms with Crippen molar-refractivity contribution >= 4 is 5.96 Å². The first kappa shape index (κ1) is 15.0. The van der Waals surface area contributed by atoms with Gasteiger partial charge in [-0.1, -0.05) is 12.1 Å². The molecule has 0 atom stereocenters. The maximum Gasteiger partial charge on any atom is 0.193 e. The van der Waals surface area contributed by atoms with E-state index < -0.39 is 0 Å². The quantitative estimate of drug-likeness (QED) is 0.673. The second-order valence-corrected chi connectivity index (χ2v) is 4.73. The highest BCUT2D eigenvalue weighted by atomic mass is 19.1. The van der Waals surface area contributed by atoms with Crippen LogP contribution in [0.25, 0.3) is 0 Å². The molecule has 0 amide bonds.